The van der Waals surface area contributed by atoms with E-state index < -0.39 is 5.97 Å². The average Bonchev–Trinajstić information content (AvgIpc) is 2.47. The molecule has 0 N–H and O–H groups in total. The van der Waals surface area contributed by atoms with E-state index in [0.717, 1.165) is 5.56 Å². The maximum absolute atomic E-state index is 11.9. The second kappa shape index (κ2) is 6.84. The molecule has 0 aliphatic carbocycles. The third-order valence-electron chi connectivity index (χ3n) is 3.10. The van der Waals surface area contributed by atoms with Crippen LogP contribution in [-0.2, 0) is 10.2 Å². The highest BCUT2D eigenvalue weighted by atomic mass is 35.5. The molecule has 2 rings (SSSR count). The van der Waals surface area contributed by atoms with E-state index in [9.17, 15) is 4.79 Å². The van der Waals surface area contributed by atoms with Crippen molar-refractivity contribution in [2.24, 2.45) is 0 Å². The van der Waals surface area contributed by atoms with E-state index in [0.29, 0.717) is 16.5 Å². The molecule has 2 aromatic rings. The van der Waals surface area contributed by atoms with Crippen molar-refractivity contribution in [3.05, 3.63) is 59.1 Å². The summed E-state index contributed by atoms with van der Waals surface area (Å²) in [5, 5.41) is 0.394. The van der Waals surface area contributed by atoms with Crippen LogP contribution in [0, 0.1) is 0 Å². The lowest BCUT2D eigenvalue weighted by Crippen LogP contribution is -2.20. The molecule has 0 amide bonds. The number of para-hydroxylation sites is 2. The summed E-state index contributed by atoms with van der Waals surface area (Å²) in [6, 6.07) is 14.5. The van der Waals surface area contributed by atoms with Crippen molar-refractivity contribution in [2.75, 3.05) is 6.61 Å². The quantitative estimate of drug-likeness (QED) is 0.609. The molecule has 0 aromatic heterocycles. The Morgan fingerprint density at radius 1 is 1.00 bits per heavy atom. The van der Waals surface area contributed by atoms with Crippen molar-refractivity contribution in [2.45, 2.75) is 26.2 Å². The maximum atomic E-state index is 11.9. The van der Waals surface area contributed by atoms with Crippen molar-refractivity contribution in [1.82, 2.24) is 0 Å². The zero-order valence-electron chi connectivity index (χ0n) is 12.9. The van der Waals surface area contributed by atoms with Gasteiger partial charge < -0.3 is 9.47 Å². The summed E-state index contributed by atoms with van der Waals surface area (Å²) in [4.78, 5) is 11.9. The van der Waals surface area contributed by atoms with Gasteiger partial charge in [0.1, 0.15) is 11.5 Å². The van der Waals surface area contributed by atoms with Gasteiger partial charge in [-0.15, -0.1) is 0 Å². The van der Waals surface area contributed by atoms with Crippen molar-refractivity contribution in [3.8, 4) is 11.5 Å². The van der Waals surface area contributed by atoms with E-state index in [1.807, 2.05) is 24.3 Å². The first-order valence-electron chi connectivity index (χ1n) is 7.05. The summed E-state index contributed by atoms with van der Waals surface area (Å²) in [6.45, 7) is 6.12. The predicted octanol–water partition coefficient (Wildman–Crippen LogP) is 4.62. The van der Waals surface area contributed by atoms with Gasteiger partial charge in [0.2, 0.25) is 0 Å². The average molecular weight is 319 g/mol. The second-order valence-corrected chi connectivity index (χ2v) is 6.35. The minimum atomic E-state index is -0.489. The van der Waals surface area contributed by atoms with Gasteiger partial charge in [0.15, 0.2) is 6.61 Å². The van der Waals surface area contributed by atoms with Crippen LogP contribution in [0.15, 0.2) is 48.5 Å². The molecule has 3 nitrogen and oxygen atoms in total. The molecule has 0 atom stereocenters. The number of hydrogen-bond acceptors (Lipinski definition) is 3. The molecule has 0 aliphatic rings. The lowest BCUT2D eigenvalue weighted by Gasteiger charge is -2.22. The first-order valence-corrected chi connectivity index (χ1v) is 7.43. The van der Waals surface area contributed by atoms with E-state index in [2.05, 4.69) is 20.8 Å². The summed E-state index contributed by atoms with van der Waals surface area (Å²) >= 11 is 5.95. The Morgan fingerprint density at radius 3 is 2.23 bits per heavy atom. The Morgan fingerprint density at radius 2 is 1.59 bits per heavy atom. The highest BCUT2D eigenvalue weighted by Gasteiger charge is 2.19. The van der Waals surface area contributed by atoms with Crippen LogP contribution in [0.3, 0.4) is 0 Å². The van der Waals surface area contributed by atoms with E-state index in [1.165, 1.54) is 0 Å². The van der Waals surface area contributed by atoms with Gasteiger partial charge in [-0.1, -0.05) is 62.7 Å². The van der Waals surface area contributed by atoms with E-state index >= 15 is 0 Å². The Kier molecular flexibility index (Phi) is 5.09. The molecule has 0 spiro atoms. The summed E-state index contributed by atoms with van der Waals surface area (Å²) < 4.78 is 10.8. The fourth-order valence-corrected chi connectivity index (χ4v) is 2.20. The smallest absolute Gasteiger partial charge is 0.349 e. The van der Waals surface area contributed by atoms with Gasteiger partial charge in [0.05, 0.1) is 5.02 Å². The van der Waals surface area contributed by atoms with Crippen LogP contribution >= 0.6 is 11.6 Å². The summed E-state index contributed by atoms with van der Waals surface area (Å²) in [5.41, 5.74) is 0.976. The topological polar surface area (TPSA) is 35.5 Å². The normalized spacial score (nSPS) is 11.1. The monoisotopic (exact) mass is 318 g/mol. The van der Waals surface area contributed by atoms with Gasteiger partial charge in [-0.05, 0) is 29.2 Å². The minimum Gasteiger partial charge on any atom is -0.482 e. The third kappa shape index (κ3) is 4.25. The number of ether oxygens (including phenoxy) is 2. The zero-order valence-corrected chi connectivity index (χ0v) is 13.7. The number of hydrogen-bond donors (Lipinski definition) is 0. The SMILES string of the molecule is CC(C)(C)c1ccccc1OCC(=O)Oc1ccccc1Cl. The Bertz CT molecular complexity index is 659. The van der Waals surface area contributed by atoms with Crippen LogP contribution < -0.4 is 9.47 Å². The molecule has 0 saturated carbocycles. The molecule has 0 saturated heterocycles. The molecule has 4 heteroatoms. The molecule has 0 aliphatic heterocycles. The third-order valence-corrected chi connectivity index (χ3v) is 3.41. The molecule has 0 radical (unpaired) electrons. The fraction of sp³-hybridized carbons (Fsp3) is 0.278. The fourth-order valence-electron chi connectivity index (χ4n) is 2.03. The summed E-state index contributed by atoms with van der Waals surface area (Å²) in [7, 11) is 0. The van der Waals surface area contributed by atoms with Gasteiger partial charge in [-0.3, -0.25) is 0 Å². The number of benzene rings is 2. The first kappa shape index (κ1) is 16.4. The van der Waals surface area contributed by atoms with E-state index in [1.54, 1.807) is 24.3 Å². The van der Waals surface area contributed by atoms with Crippen LogP contribution in [0.25, 0.3) is 0 Å². The van der Waals surface area contributed by atoms with Crippen molar-refractivity contribution < 1.29 is 14.3 Å². The van der Waals surface area contributed by atoms with Crippen LogP contribution in [0.5, 0.6) is 11.5 Å². The number of halogens is 1. The second-order valence-electron chi connectivity index (χ2n) is 5.94. The van der Waals surface area contributed by atoms with Gasteiger partial charge in [0, 0.05) is 0 Å². The molecule has 0 unspecified atom stereocenters. The Hall–Kier alpha value is -2.00. The van der Waals surface area contributed by atoms with Gasteiger partial charge in [0.25, 0.3) is 0 Å². The number of esters is 1. The van der Waals surface area contributed by atoms with Crippen LogP contribution in [0.2, 0.25) is 5.02 Å². The van der Waals surface area contributed by atoms with Gasteiger partial charge in [-0.2, -0.15) is 0 Å². The van der Waals surface area contributed by atoms with Crippen LogP contribution in [0.1, 0.15) is 26.3 Å². The molecule has 0 fully saturated rings. The Labute approximate surface area is 135 Å². The standard InChI is InChI=1S/C18H19ClO3/c1-18(2,3)13-8-4-6-10-15(13)21-12-17(20)22-16-11-7-5-9-14(16)19/h4-11H,12H2,1-3H3. The molecule has 2 aromatic carbocycles. The molecule has 0 heterocycles. The highest BCUT2D eigenvalue weighted by molar-refractivity contribution is 6.32. The lowest BCUT2D eigenvalue weighted by molar-refractivity contribution is -0.136. The predicted molar refractivity (Wildman–Crippen MR) is 87.7 cm³/mol. The molecule has 116 valence electrons. The molecular formula is C18H19ClO3. The highest BCUT2D eigenvalue weighted by Crippen LogP contribution is 2.31. The largest absolute Gasteiger partial charge is 0.482 e. The molecular weight excluding hydrogens is 300 g/mol. The molecule has 22 heavy (non-hydrogen) atoms. The van der Waals surface area contributed by atoms with Crippen LogP contribution in [-0.4, -0.2) is 12.6 Å². The van der Waals surface area contributed by atoms with E-state index in [4.69, 9.17) is 21.1 Å². The molecule has 0 bridgehead atoms. The first-order chi connectivity index (χ1) is 10.4. The summed E-state index contributed by atoms with van der Waals surface area (Å²) in [6.07, 6.45) is 0. The number of rotatable bonds is 4. The van der Waals surface area contributed by atoms with Crippen LogP contribution in [0.4, 0.5) is 0 Å². The van der Waals surface area contributed by atoms with Crippen molar-refractivity contribution >= 4 is 17.6 Å². The van der Waals surface area contributed by atoms with Gasteiger partial charge >= 0.3 is 5.97 Å². The minimum absolute atomic E-state index is 0.0662. The Balaban J connectivity index is 2.02. The number of carbonyl (C=O) groups excluding carboxylic acids is 1. The van der Waals surface area contributed by atoms with Crippen molar-refractivity contribution in [1.29, 1.82) is 0 Å². The van der Waals surface area contributed by atoms with E-state index in [-0.39, 0.29) is 12.0 Å². The zero-order chi connectivity index (χ0) is 16.2. The number of carbonyl (C=O) groups is 1. The van der Waals surface area contributed by atoms with Gasteiger partial charge in [-0.25, -0.2) is 4.79 Å². The van der Waals surface area contributed by atoms with Crippen molar-refractivity contribution in [3.63, 3.8) is 0 Å². The summed E-state index contributed by atoms with van der Waals surface area (Å²) in [5.74, 6) is 0.532. The maximum Gasteiger partial charge on any atom is 0.349 e. The lowest BCUT2D eigenvalue weighted by atomic mass is 9.86.